The van der Waals surface area contributed by atoms with Crippen LogP contribution in [0, 0.1) is 5.92 Å². The second kappa shape index (κ2) is 5.29. The number of sulfonamides is 1. The minimum absolute atomic E-state index is 0.0619. The van der Waals surface area contributed by atoms with Crippen LogP contribution in [0.3, 0.4) is 0 Å². The molecule has 1 aromatic carbocycles. The van der Waals surface area contributed by atoms with Crippen molar-refractivity contribution < 1.29 is 18.3 Å². The minimum atomic E-state index is -3.78. The van der Waals surface area contributed by atoms with Crippen LogP contribution < -0.4 is 4.72 Å². The molecule has 1 rings (SSSR count). The number of hydrogen-bond acceptors (Lipinski definition) is 3. The third-order valence-electron chi connectivity index (χ3n) is 2.27. The molecular formula is C11H15NO4S. The lowest BCUT2D eigenvalue weighted by Crippen LogP contribution is -2.44. The molecule has 0 saturated carbocycles. The van der Waals surface area contributed by atoms with Crippen LogP contribution in [0.15, 0.2) is 35.2 Å². The Kier molecular flexibility index (Phi) is 4.25. The molecule has 1 atom stereocenters. The minimum Gasteiger partial charge on any atom is -0.480 e. The lowest BCUT2D eigenvalue weighted by Gasteiger charge is -2.17. The number of carboxylic acid groups (broad SMARTS) is 1. The number of carbonyl (C=O) groups is 1. The summed E-state index contributed by atoms with van der Waals surface area (Å²) in [5.41, 5.74) is 0. The van der Waals surface area contributed by atoms with Gasteiger partial charge in [-0.25, -0.2) is 8.42 Å². The number of carboxylic acids is 1. The molecule has 2 N–H and O–H groups in total. The van der Waals surface area contributed by atoms with Crippen LogP contribution in [-0.2, 0) is 14.8 Å². The number of aliphatic carboxylic acids is 1. The number of benzene rings is 1. The molecule has 0 aliphatic carbocycles. The molecule has 0 aliphatic heterocycles. The summed E-state index contributed by atoms with van der Waals surface area (Å²) in [5, 5.41) is 8.93. The average molecular weight is 257 g/mol. The Balaban J connectivity index is 2.97. The fourth-order valence-corrected chi connectivity index (χ4v) is 2.67. The highest BCUT2D eigenvalue weighted by Crippen LogP contribution is 2.11. The first-order valence-corrected chi connectivity index (χ1v) is 6.63. The van der Waals surface area contributed by atoms with Gasteiger partial charge in [0.15, 0.2) is 0 Å². The maximum absolute atomic E-state index is 11.9. The molecule has 0 fully saturated rings. The van der Waals surface area contributed by atoms with Gasteiger partial charge in [-0.15, -0.1) is 0 Å². The summed E-state index contributed by atoms with van der Waals surface area (Å²) in [6.07, 6.45) is 0. The first-order chi connectivity index (χ1) is 7.84. The molecule has 94 valence electrons. The van der Waals surface area contributed by atoms with E-state index in [9.17, 15) is 13.2 Å². The molecule has 17 heavy (non-hydrogen) atoms. The normalized spacial score (nSPS) is 13.6. The Morgan fingerprint density at radius 3 is 2.18 bits per heavy atom. The quantitative estimate of drug-likeness (QED) is 0.826. The van der Waals surface area contributed by atoms with Gasteiger partial charge in [0, 0.05) is 0 Å². The van der Waals surface area contributed by atoms with E-state index in [0.29, 0.717) is 0 Å². The van der Waals surface area contributed by atoms with E-state index in [1.807, 2.05) is 0 Å². The second-order valence-electron chi connectivity index (χ2n) is 3.99. The smallest absolute Gasteiger partial charge is 0.322 e. The van der Waals surface area contributed by atoms with Crippen molar-refractivity contribution in [2.24, 2.45) is 5.92 Å². The number of nitrogens with one attached hydrogen (secondary N) is 1. The summed E-state index contributed by atoms with van der Waals surface area (Å²) >= 11 is 0. The lowest BCUT2D eigenvalue weighted by atomic mass is 10.1. The summed E-state index contributed by atoms with van der Waals surface area (Å²) in [6.45, 7) is 3.29. The molecule has 6 heteroatoms. The zero-order valence-electron chi connectivity index (χ0n) is 9.62. The van der Waals surface area contributed by atoms with Gasteiger partial charge in [0.2, 0.25) is 10.0 Å². The largest absolute Gasteiger partial charge is 0.480 e. The number of hydrogen-bond donors (Lipinski definition) is 2. The molecule has 0 aliphatic rings. The van der Waals surface area contributed by atoms with Crippen molar-refractivity contribution in [1.82, 2.24) is 4.72 Å². The zero-order valence-corrected chi connectivity index (χ0v) is 10.4. The molecule has 0 saturated heterocycles. The molecule has 5 nitrogen and oxygen atoms in total. The number of rotatable bonds is 5. The van der Waals surface area contributed by atoms with Crippen LogP contribution in [0.1, 0.15) is 13.8 Å². The zero-order chi connectivity index (χ0) is 13.1. The van der Waals surface area contributed by atoms with Crippen LogP contribution in [0.2, 0.25) is 0 Å². The van der Waals surface area contributed by atoms with Gasteiger partial charge >= 0.3 is 5.97 Å². The summed E-state index contributed by atoms with van der Waals surface area (Å²) in [4.78, 5) is 11.0. The SMILES string of the molecule is CC(C)[C@H](NS(=O)(=O)c1ccccc1)C(=O)O. The highest BCUT2D eigenvalue weighted by molar-refractivity contribution is 7.89. The molecule has 0 amide bonds. The maximum atomic E-state index is 11.9. The van der Waals surface area contributed by atoms with Crippen LogP contribution in [-0.4, -0.2) is 25.5 Å². The van der Waals surface area contributed by atoms with E-state index in [1.54, 1.807) is 32.0 Å². The molecule has 0 spiro atoms. The summed E-state index contributed by atoms with van der Waals surface area (Å²) in [6, 6.07) is 6.57. The topological polar surface area (TPSA) is 83.5 Å². The van der Waals surface area contributed by atoms with Gasteiger partial charge in [-0.1, -0.05) is 32.0 Å². The highest BCUT2D eigenvalue weighted by atomic mass is 32.2. The first kappa shape index (κ1) is 13.7. The Bertz CT molecular complexity index is 481. The molecular weight excluding hydrogens is 242 g/mol. The highest BCUT2D eigenvalue weighted by Gasteiger charge is 2.27. The van der Waals surface area contributed by atoms with Crippen molar-refractivity contribution in [2.75, 3.05) is 0 Å². The van der Waals surface area contributed by atoms with E-state index in [4.69, 9.17) is 5.11 Å². The van der Waals surface area contributed by atoms with Gasteiger partial charge in [-0.3, -0.25) is 4.79 Å². The third-order valence-corrected chi connectivity index (χ3v) is 3.73. The average Bonchev–Trinajstić information content (AvgIpc) is 2.26. The van der Waals surface area contributed by atoms with Crippen LogP contribution in [0.5, 0.6) is 0 Å². The van der Waals surface area contributed by atoms with E-state index in [0.717, 1.165) is 0 Å². The van der Waals surface area contributed by atoms with Gasteiger partial charge in [-0.2, -0.15) is 4.72 Å². The Morgan fingerprint density at radius 1 is 1.24 bits per heavy atom. The van der Waals surface area contributed by atoms with Crippen LogP contribution >= 0.6 is 0 Å². The van der Waals surface area contributed by atoms with E-state index in [2.05, 4.69) is 4.72 Å². The molecule has 0 bridgehead atoms. The Labute approximate surface area is 101 Å². The standard InChI is InChI=1S/C11H15NO4S/c1-8(2)10(11(13)14)12-17(15,16)9-6-4-3-5-7-9/h3-8,10,12H,1-2H3,(H,13,14)/t10-/m0/s1. The predicted molar refractivity (Wildman–Crippen MR) is 63.0 cm³/mol. The molecule has 0 heterocycles. The van der Waals surface area contributed by atoms with Gasteiger partial charge in [-0.05, 0) is 18.1 Å². The van der Waals surface area contributed by atoms with Gasteiger partial charge in [0.25, 0.3) is 0 Å². The van der Waals surface area contributed by atoms with E-state index >= 15 is 0 Å². The van der Waals surface area contributed by atoms with Crippen molar-refractivity contribution in [3.05, 3.63) is 30.3 Å². The van der Waals surface area contributed by atoms with Crippen molar-refractivity contribution >= 4 is 16.0 Å². The fourth-order valence-electron chi connectivity index (χ4n) is 1.31. The van der Waals surface area contributed by atoms with E-state index < -0.39 is 22.0 Å². The van der Waals surface area contributed by atoms with Crippen molar-refractivity contribution in [1.29, 1.82) is 0 Å². The van der Waals surface area contributed by atoms with Crippen molar-refractivity contribution in [3.8, 4) is 0 Å². The van der Waals surface area contributed by atoms with Gasteiger partial charge in [0.1, 0.15) is 6.04 Å². The molecule has 0 radical (unpaired) electrons. The third kappa shape index (κ3) is 3.54. The van der Waals surface area contributed by atoms with Gasteiger partial charge in [0.05, 0.1) is 4.90 Å². The predicted octanol–water partition coefficient (Wildman–Crippen LogP) is 1.07. The molecule has 1 aromatic rings. The van der Waals surface area contributed by atoms with Crippen LogP contribution in [0.4, 0.5) is 0 Å². The molecule has 0 unspecified atom stereocenters. The molecule has 0 aromatic heterocycles. The monoisotopic (exact) mass is 257 g/mol. The summed E-state index contributed by atoms with van der Waals surface area (Å²) in [5.74, 6) is -1.51. The first-order valence-electron chi connectivity index (χ1n) is 5.15. The van der Waals surface area contributed by atoms with E-state index in [-0.39, 0.29) is 10.8 Å². The lowest BCUT2D eigenvalue weighted by molar-refractivity contribution is -0.140. The van der Waals surface area contributed by atoms with Gasteiger partial charge < -0.3 is 5.11 Å². The second-order valence-corrected chi connectivity index (χ2v) is 5.71. The fraction of sp³-hybridized carbons (Fsp3) is 0.364. The van der Waals surface area contributed by atoms with Crippen molar-refractivity contribution in [3.63, 3.8) is 0 Å². The van der Waals surface area contributed by atoms with E-state index in [1.165, 1.54) is 12.1 Å². The summed E-state index contributed by atoms with van der Waals surface area (Å²) in [7, 11) is -3.78. The Hall–Kier alpha value is -1.40. The van der Waals surface area contributed by atoms with Crippen molar-refractivity contribution in [2.45, 2.75) is 24.8 Å². The van der Waals surface area contributed by atoms with Crippen LogP contribution in [0.25, 0.3) is 0 Å². The summed E-state index contributed by atoms with van der Waals surface area (Å²) < 4.78 is 25.9. The maximum Gasteiger partial charge on any atom is 0.322 e. The Morgan fingerprint density at radius 2 is 1.76 bits per heavy atom.